The Labute approximate surface area is 170 Å². The molecular formula is C24H24O5. The third-order valence-corrected chi connectivity index (χ3v) is 3.58. The number of rotatable bonds is 8. The first kappa shape index (κ1) is 21.9. The van der Waals surface area contributed by atoms with Crippen molar-refractivity contribution in [3.8, 4) is 0 Å². The second kappa shape index (κ2) is 12.9. The Kier molecular flexibility index (Phi) is 9.69. The van der Waals surface area contributed by atoms with E-state index in [1.807, 2.05) is 60.7 Å². The van der Waals surface area contributed by atoms with Gasteiger partial charge in [-0.25, -0.2) is 9.59 Å². The number of esters is 2. The van der Waals surface area contributed by atoms with E-state index in [-0.39, 0.29) is 24.6 Å². The van der Waals surface area contributed by atoms with Gasteiger partial charge in [-0.3, -0.25) is 0 Å². The summed E-state index contributed by atoms with van der Waals surface area (Å²) in [5.74, 6) is -0.678. The lowest BCUT2D eigenvalue weighted by molar-refractivity contribution is -0.138. The van der Waals surface area contributed by atoms with Crippen molar-refractivity contribution in [2.24, 2.45) is 0 Å². The molecule has 0 spiro atoms. The Morgan fingerprint density at radius 1 is 0.897 bits per heavy atom. The zero-order valence-corrected chi connectivity index (χ0v) is 16.1. The van der Waals surface area contributed by atoms with Crippen LogP contribution in [0, 0.1) is 0 Å². The quantitative estimate of drug-likeness (QED) is 0.293. The van der Waals surface area contributed by atoms with Gasteiger partial charge in [-0.15, -0.1) is 0 Å². The molecule has 5 heteroatoms. The van der Waals surface area contributed by atoms with Crippen molar-refractivity contribution in [1.82, 2.24) is 0 Å². The normalized spacial score (nSPS) is 14.7. The molecule has 1 aliphatic rings. The molecule has 0 bridgehead atoms. The highest BCUT2D eigenvalue weighted by Crippen LogP contribution is 2.09. The van der Waals surface area contributed by atoms with Crippen LogP contribution in [0.3, 0.4) is 0 Å². The smallest absolute Gasteiger partial charge is 0.331 e. The molecule has 2 aromatic rings. The van der Waals surface area contributed by atoms with Gasteiger partial charge in [-0.1, -0.05) is 73.3 Å². The van der Waals surface area contributed by atoms with Crippen LogP contribution in [0.1, 0.15) is 11.1 Å². The molecule has 1 unspecified atom stereocenters. The molecule has 0 saturated carbocycles. The molecule has 0 radical (unpaired) electrons. The lowest BCUT2D eigenvalue weighted by atomic mass is 10.2. The van der Waals surface area contributed by atoms with E-state index in [1.165, 1.54) is 18.2 Å². The van der Waals surface area contributed by atoms with Crippen LogP contribution >= 0.6 is 0 Å². The first-order valence-electron chi connectivity index (χ1n) is 9.19. The topological polar surface area (TPSA) is 65.1 Å². The molecule has 150 valence electrons. The standard InChI is InChI=1S/C12H12O3.C12H12O2/c13-12(15-9-11-8-14-11)7-6-10-4-2-1-3-5-10;1-2-10-14-12(13)9-8-11-6-4-3-5-7-11/h1-7,11H,8-9H2;2-9H,1,10H2/b;9-8+. The van der Waals surface area contributed by atoms with Gasteiger partial charge in [0.1, 0.15) is 19.3 Å². The Balaban J connectivity index is 0.000000208. The van der Waals surface area contributed by atoms with Gasteiger partial charge in [0.15, 0.2) is 0 Å². The van der Waals surface area contributed by atoms with Gasteiger partial charge >= 0.3 is 11.9 Å². The molecule has 2 aromatic carbocycles. The highest BCUT2D eigenvalue weighted by atomic mass is 16.6. The maximum absolute atomic E-state index is 11.2. The van der Waals surface area contributed by atoms with Crippen LogP contribution in [0.15, 0.2) is 85.5 Å². The molecule has 1 aliphatic heterocycles. The summed E-state index contributed by atoms with van der Waals surface area (Å²) in [4.78, 5) is 22.2. The van der Waals surface area contributed by atoms with E-state index < -0.39 is 0 Å². The van der Waals surface area contributed by atoms with Crippen LogP contribution in [-0.2, 0) is 23.8 Å². The molecule has 5 nitrogen and oxygen atoms in total. The molecule has 0 aliphatic carbocycles. The van der Waals surface area contributed by atoms with Crippen molar-refractivity contribution in [3.05, 3.63) is 96.6 Å². The van der Waals surface area contributed by atoms with Gasteiger partial charge < -0.3 is 14.2 Å². The van der Waals surface area contributed by atoms with Crippen molar-refractivity contribution in [1.29, 1.82) is 0 Å². The van der Waals surface area contributed by atoms with Crippen molar-refractivity contribution in [3.63, 3.8) is 0 Å². The fraction of sp³-hybridized carbons (Fsp3) is 0.167. The van der Waals surface area contributed by atoms with Crippen LogP contribution in [0.2, 0.25) is 0 Å². The van der Waals surface area contributed by atoms with Crippen molar-refractivity contribution in [2.45, 2.75) is 6.10 Å². The van der Waals surface area contributed by atoms with E-state index in [4.69, 9.17) is 14.2 Å². The molecule has 0 amide bonds. The van der Waals surface area contributed by atoms with E-state index in [9.17, 15) is 9.59 Å². The lowest BCUT2D eigenvalue weighted by Crippen LogP contribution is -2.06. The van der Waals surface area contributed by atoms with Gasteiger partial charge in [-0.05, 0) is 23.3 Å². The Bertz CT molecular complexity index is 821. The van der Waals surface area contributed by atoms with Gasteiger partial charge in [0.2, 0.25) is 0 Å². The Hall–Kier alpha value is -3.44. The van der Waals surface area contributed by atoms with Gasteiger partial charge in [-0.2, -0.15) is 0 Å². The second-order valence-corrected chi connectivity index (χ2v) is 5.99. The first-order valence-corrected chi connectivity index (χ1v) is 9.19. The molecule has 0 N–H and O–H groups in total. The Morgan fingerprint density at radius 2 is 1.38 bits per heavy atom. The van der Waals surface area contributed by atoms with E-state index in [0.717, 1.165) is 11.1 Å². The highest BCUT2D eigenvalue weighted by molar-refractivity contribution is 5.87. The van der Waals surface area contributed by atoms with Crippen LogP contribution < -0.4 is 0 Å². The molecule has 0 aromatic heterocycles. The minimum absolute atomic E-state index is 0.124. The molecular weight excluding hydrogens is 368 g/mol. The summed E-state index contributed by atoms with van der Waals surface area (Å²) in [5, 5.41) is 0. The summed E-state index contributed by atoms with van der Waals surface area (Å²) in [6.45, 7) is 4.76. The second-order valence-electron chi connectivity index (χ2n) is 5.99. The zero-order valence-electron chi connectivity index (χ0n) is 16.1. The van der Waals surface area contributed by atoms with Crippen molar-refractivity contribution >= 4 is 24.1 Å². The molecule has 1 heterocycles. The van der Waals surface area contributed by atoms with Crippen LogP contribution in [0.4, 0.5) is 0 Å². The zero-order chi connectivity index (χ0) is 20.7. The Morgan fingerprint density at radius 3 is 1.83 bits per heavy atom. The average molecular weight is 392 g/mol. The summed E-state index contributed by atoms with van der Waals surface area (Å²) in [6.07, 6.45) is 7.94. The summed E-state index contributed by atoms with van der Waals surface area (Å²) in [5.41, 5.74) is 1.96. The number of hydrogen-bond acceptors (Lipinski definition) is 5. The van der Waals surface area contributed by atoms with Crippen LogP contribution in [0.5, 0.6) is 0 Å². The maximum Gasteiger partial charge on any atom is 0.331 e. The third-order valence-electron chi connectivity index (χ3n) is 3.58. The third kappa shape index (κ3) is 10.5. The lowest BCUT2D eigenvalue weighted by Gasteiger charge is -1.97. The largest absolute Gasteiger partial charge is 0.460 e. The predicted molar refractivity (Wildman–Crippen MR) is 113 cm³/mol. The van der Waals surface area contributed by atoms with Gasteiger partial charge in [0, 0.05) is 12.2 Å². The molecule has 1 fully saturated rings. The maximum atomic E-state index is 11.2. The van der Waals surface area contributed by atoms with E-state index in [1.54, 1.807) is 12.2 Å². The monoisotopic (exact) mass is 392 g/mol. The number of carbonyl (C=O) groups excluding carboxylic acids is 2. The minimum Gasteiger partial charge on any atom is -0.460 e. The summed E-state index contributed by atoms with van der Waals surface area (Å²) in [7, 11) is 0. The number of ether oxygens (including phenoxy) is 3. The van der Waals surface area contributed by atoms with Crippen LogP contribution in [0.25, 0.3) is 12.2 Å². The average Bonchev–Trinajstić information content (AvgIpc) is 3.60. The number of benzene rings is 2. The highest BCUT2D eigenvalue weighted by Gasteiger charge is 2.23. The van der Waals surface area contributed by atoms with Crippen molar-refractivity contribution < 1.29 is 23.8 Å². The fourth-order valence-corrected chi connectivity index (χ4v) is 2.03. The fourth-order valence-electron chi connectivity index (χ4n) is 2.03. The van der Waals surface area contributed by atoms with Crippen LogP contribution in [-0.4, -0.2) is 37.9 Å². The predicted octanol–water partition coefficient (Wildman–Crippen LogP) is 4.07. The number of epoxide rings is 1. The summed E-state index contributed by atoms with van der Waals surface area (Å²) >= 11 is 0. The van der Waals surface area contributed by atoms with Gasteiger partial charge in [0.25, 0.3) is 0 Å². The molecule has 1 atom stereocenters. The summed E-state index contributed by atoms with van der Waals surface area (Å²) < 4.78 is 14.6. The first-order chi connectivity index (χ1) is 14.2. The molecule has 3 rings (SSSR count). The SMILES string of the molecule is C=CCOC(=O)/C=C/c1ccccc1.O=C(C=Cc1ccccc1)OCC1CO1. The van der Waals surface area contributed by atoms with Gasteiger partial charge in [0.05, 0.1) is 6.61 Å². The van der Waals surface area contributed by atoms with E-state index in [2.05, 4.69) is 6.58 Å². The van der Waals surface area contributed by atoms with E-state index in [0.29, 0.717) is 13.2 Å². The summed E-state index contributed by atoms with van der Waals surface area (Å²) in [6, 6.07) is 19.2. The minimum atomic E-state index is -0.353. The number of carbonyl (C=O) groups is 2. The van der Waals surface area contributed by atoms with E-state index >= 15 is 0 Å². The molecule has 29 heavy (non-hydrogen) atoms. The van der Waals surface area contributed by atoms with Crippen molar-refractivity contribution in [2.75, 3.05) is 19.8 Å². The molecule has 1 saturated heterocycles. The number of hydrogen-bond donors (Lipinski definition) is 0.